The normalized spacial score (nSPS) is 14.4. The van der Waals surface area contributed by atoms with Crippen LogP contribution in [0.25, 0.3) is 0 Å². The zero-order valence-electron chi connectivity index (χ0n) is 6.32. The van der Waals surface area contributed by atoms with E-state index in [0.717, 1.165) is 22.7 Å². The summed E-state index contributed by atoms with van der Waals surface area (Å²) in [6.45, 7) is 0.177. The Morgan fingerprint density at radius 2 is 1.80 bits per heavy atom. The Morgan fingerprint density at radius 1 is 1.20 bits per heavy atom. The molecule has 0 aliphatic carbocycles. The molecule has 0 rings (SSSR count). The molecule has 0 aromatic heterocycles. The molecule has 4 heteroatoms. The van der Waals surface area contributed by atoms with Crippen molar-refractivity contribution in [3.05, 3.63) is 0 Å². The van der Waals surface area contributed by atoms with E-state index in [1.807, 2.05) is 0 Å². The number of hydrogen-bond donors (Lipinski definition) is 3. The highest BCUT2D eigenvalue weighted by molar-refractivity contribution is 6.08. The molecule has 62 valence electrons. The van der Waals surface area contributed by atoms with Crippen LogP contribution < -0.4 is 0 Å². The topological polar surface area (TPSA) is 60.7 Å². The zero-order valence-corrected chi connectivity index (χ0v) is 8.32. The predicted molar refractivity (Wildman–Crippen MR) is 42.8 cm³/mol. The van der Waals surface area contributed by atoms with Crippen LogP contribution in [0.3, 0.4) is 0 Å². The maximum Gasteiger partial charge on any atom is 0.151 e. The predicted octanol–water partition coefficient (Wildman–Crippen LogP) is -1.53. The molecule has 0 aliphatic heterocycles. The lowest BCUT2D eigenvalue weighted by Crippen LogP contribution is -2.11. The summed E-state index contributed by atoms with van der Waals surface area (Å²) in [5, 5.41) is 25.7. The highest BCUT2D eigenvalue weighted by atomic mass is 28.1. The van der Waals surface area contributed by atoms with Crippen molar-refractivity contribution in [2.75, 3.05) is 6.61 Å². The third kappa shape index (κ3) is 4.93. The molecule has 0 aromatic carbocycles. The van der Waals surface area contributed by atoms with Gasteiger partial charge in [0.2, 0.25) is 0 Å². The van der Waals surface area contributed by atoms with E-state index < -0.39 is 6.29 Å². The quantitative estimate of drug-likeness (QED) is 0.341. The minimum Gasteiger partial charge on any atom is -0.396 e. The summed E-state index contributed by atoms with van der Waals surface area (Å²) in [5.74, 6) is 0.286. The Bertz CT molecular complexity index is 73.4. The van der Waals surface area contributed by atoms with Gasteiger partial charge in [0.05, 0.1) is 0 Å². The van der Waals surface area contributed by atoms with Crippen LogP contribution >= 0.6 is 0 Å². The first kappa shape index (κ1) is 10.1. The van der Waals surface area contributed by atoms with Crippen LogP contribution in [0.2, 0.25) is 6.04 Å². The Labute approximate surface area is 64.1 Å². The van der Waals surface area contributed by atoms with Crippen LogP contribution in [0.15, 0.2) is 0 Å². The molecule has 1 unspecified atom stereocenters. The molecule has 0 aliphatic rings. The molecule has 0 bridgehead atoms. The summed E-state index contributed by atoms with van der Waals surface area (Å²) < 4.78 is 0. The van der Waals surface area contributed by atoms with E-state index in [4.69, 9.17) is 15.3 Å². The highest BCUT2D eigenvalue weighted by Crippen LogP contribution is 2.09. The molecule has 3 nitrogen and oxygen atoms in total. The van der Waals surface area contributed by atoms with E-state index in [0.29, 0.717) is 6.42 Å². The summed E-state index contributed by atoms with van der Waals surface area (Å²) in [4.78, 5) is 0. The second-order valence-corrected chi connectivity index (χ2v) is 3.33. The number of aliphatic hydroxyl groups excluding tert-OH is 2. The SMILES string of the molecule is OCC(C[SiH3])CCC(O)O. The van der Waals surface area contributed by atoms with Crippen LogP contribution in [0, 0.1) is 5.92 Å². The summed E-state index contributed by atoms with van der Waals surface area (Å²) in [7, 11) is 1.07. The van der Waals surface area contributed by atoms with Gasteiger partial charge in [0, 0.05) is 16.8 Å². The van der Waals surface area contributed by atoms with Gasteiger partial charge in [-0.2, -0.15) is 0 Å². The van der Waals surface area contributed by atoms with Crippen molar-refractivity contribution in [1.29, 1.82) is 0 Å². The minimum atomic E-state index is -1.21. The molecule has 10 heavy (non-hydrogen) atoms. The monoisotopic (exact) mass is 164 g/mol. The van der Waals surface area contributed by atoms with Crippen molar-refractivity contribution >= 4 is 10.2 Å². The van der Waals surface area contributed by atoms with Gasteiger partial charge in [-0.05, 0) is 18.8 Å². The molecular formula is C6H16O3Si. The van der Waals surface area contributed by atoms with Gasteiger partial charge in [-0.1, -0.05) is 6.04 Å². The fourth-order valence-electron chi connectivity index (χ4n) is 0.809. The van der Waals surface area contributed by atoms with Gasteiger partial charge < -0.3 is 15.3 Å². The van der Waals surface area contributed by atoms with E-state index >= 15 is 0 Å². The third-order valence-corrected chi connectivity index (χ3v) is 2.82. The average molecular weight is 164 g/mol. The second-order valence-electron chi connectivity index (χ2n) is 2.51. The Kier molecular flexibility index (Phi) is 5.91. The van der Waals surface area contributed by atoms with Crippen molar-refractivity contribution in [1.82, 2.24) is 0 Å². The number of rotatable bonds is 5. The van der Waals surface area contributed by atoms with E-state index in [1.54, 1.807) is 0 Å². The van der Waals surface area contributed by atoms with Crippen molar-refractivity contribution < 1.29 is 15.3 Å². The molecule has 0 spiro atoms. The van der Waals surface area contributed by atoms with E-state index in [2.05, 4.69) is 0 Å². The molecule has 1 atom stereocenters. The first-order chi connectivity index (χ1) is 4.70. The Hall–Kier alpha value is 0.0969. The summed E-state index contributed by atoms with van der Waals surface area (Å²) >= 11 is 0. The largest absolute Gasteiger partial charge is 0.396 e. The fourth-order valence-corrected chi connectivity index (χ4v) is 1.48. The molecule has 0 aromatic rings. The molecule has 0 saturated carbocycles. The lowest BCUT2D eigenvalue weighted by molar-refractivity contribution is -0.0494. The highest BCUT2D eigenvalue weighted by Gasteiger charge is 2.06. The van der Waals surface area contributed by atoms with Crippen LogP contribution in [0.5, 0.6) is 0 Å². The van der Waals surface area contributed by atoms with Gasteiger partial charge in [-0.25, -0.2) is 0 Å². The Morgan fingerprint density at radius 3 is 2.10 bits per heavy atom. The van der Waals surface area contributed by atoms with E-state index in [1.165, 1.54) is 0 Å². The van der Waals surface area contributed by atoms with Gasteiger partial charge in [-0.15, -0.1) is 0 Å². The van der Waals surface area contributed by atoms with Crippen LogP contribution in [0.4, 0.5) is 0 Å². The summed E-state index contributed by atoms with van der Waals surface area (Å²) in [5.41, 5.74) is 0. The molecule has 0 radical (unpaired) electrons. The number of hydrogen-bond acceptors (Lipinski definition) is 3. The van der Waals surface area contributed by atoms with Crippen LogP contribution in [0.1, 0.15) is 12.8 Å². The molecule has 0 fully saturated rings. The molecule has 0 heterocycles. The minimum absolute atomic E-state index is 0.177. The van der Waals surface area contributed by atoms with Crippen LogP contribution in [-0.4, -0.2) is 38.5 Å². The molecule has 0 amide bonds. The van der Waals surface area contributed by atoms with E-state index in [9.17, 15) is 0 Å². The number of aliphatic hydroxyl groups is 3. The van der Waals surface area contributed by atoms with Gasteiger partial charge in [0.1, 0.15) is 0 Å². The van der Waals surface area contributed by atoms with Crippen molar-refractivity contribution in [3.8, 4) is 0 Å². The second kappa shape index (κ2) is 5.85. The first-order valence-electron chi connectivity index (χ1n) is 3.67. The van der Waals surface area contributed by atoms with Crippen molar-refractivity contribution in [2.45, 2.75) is 25.2 Å². The lowest BCUT2D eigenvalue weighted by Gasteiger charge is -2.11. The summed E-state index contributed by atoms with van der Waals surface area (Å²) in [6, 6.07) is 1.03. The van der Waals surface area contributed by atoms with Gasteiger partial charge in [-0.3, -0.25) is 0 Å². The third-order valence-electron chi connectivity index (χ3n) is 1.67. The van der Waals surface area contributed by atoms with Gasteiger partial charge >= 0.3 is 0 Å². The molecule has 3 N–H and O–H groups in total. The van der Waals surface area contributed by atoms with Crippen molar-refractivity contribution in [2.24, 2.45) is 5.92 Å². The first-order valence-corrected chi connectivity index (χ1v) is 5.09. The zero-order chi connectivity index (χ0) is 7.98. The molecular weight excluding hydrogens is 148 g/mol. The van der Waals surface area contributed by atoms with Gasteiger partial charge in [0.25, 0.3) is 0 Å². The maximum atomic E-state index is 8.70. The van der Waals surface area contributed by atoms with Crippen molar-refractivity contribution in [3.63, 3.8) is 0 Å². The van der Waals surface area contributed by atoms with Crippen LogP contribution in [-0.2, 0) is 0 Å². The summed E-state index contributed by atoms with van der Waals surface area (Å²) in [6.07, 6.45) is -0.104. The fraction of sp³-hybridized carbons (Fsp3) is 1.00. The maximum absolute atomic E-state index is 8.70. The average Bonchev–Trinajstić information content (AvgIpc) is 1.90. The van der Waals surface area contributed by atoms with Gasteiger partial charge in [0.15, 0.2) is 6.29 Å². The smallest absolute Gasteiger partial charge is 0.151 e. The lowest BCUT2D eigenvalue weighted by atomic mass is 10.1. The standard InChI is InChI=1S/C6H16O3Si/c7-3-5(4-10)1-2-6(8)9/h5-9H,1-4H2,10H3. The molecule has 0 saturated heterocycles. The Balaban J connectivity index is 3.26. The van der Waals surface area contributed by atoms with E-state index in [-0.39, 0.29) is 12.5 Å².